The number of hydrogen-bond acceptors (Lipinski definition) is 18. The minimum absolute atomic E-state index is 0.0370. The lowest BCUT2D eigenvalue weighted by Crippen LogP contribution is -2.63. The lowest BCUT2D eigenvalue weighted by Gasteiger charge is -2.36. The van der Waals surface area contributed by atoms with Crippen LogP contribution in [0.25, 0.3) is 4.13 Å². The van der Waals surface area contributed by atoms with Crippen LogP contribution in [0.1, 0.15) is 48.5 Å². The number of nitrogens with zero attached hydrogens (tertiary/aromatic N) is 1. The van der Waals surface area contributed by atoms with Gasteiger partial charge in [-0.15, -0.1) is 0 Å². The first kappa shape index (κ1) is 67.3. The van der Waals surface area contributed by atoms with E-state index in [4.69, 9.17) is 0 Å². The first-order valence-corrected chi connectivity index (χ1v) is 23.8. The van der Waals surface area contributed by atoms with Crippen LogP contribution in [0.4, 0.5) is 79.0 Å². The molecule has 0 radical (unpaired) electrons. The van der Waals surface area contributed by atoms with Gasteiger partial charge in [0.1, 0.15) is 49.6 Å². The molecule has 0 spiro atoms. The number of sulfone groups is 3. The van der Waals surface area contributed by atoms with E-state index in [1.165, 1.54) is 4.13 Å². The largest absolute Gasteiger partial charge is 0.748 e. The van der Waals surface area contributed by atoms with Crippen molar-refractivity contribution in [3.63, 3.8) is 0 Å². The third kappa shape index (κ3) is 18.2. The van der Waals surface area contributed by atoms with E-state index >= 15 is 0 Å². The zero-order valence-corrected chi connectivity index (χ0v) is 36.4. The molecule has 384 valence electrons. The number of sulfonamides is 2. The van der Waals surface area contributed by atoms with Crippen LogP contribution in [0.3, 0.4) is 0 Å². The number of halogens is 18. The van der Waals surface area contributed by atoms with Crippen molar-refractivity contribution in [3.8, 4) is 0 Å². The van der Waals surface area contributed by atoms with Gasteiger partial charge in [0.25, 0.3) is 0 Å². The average Bonchev–Trinajstić information content (AvgIpc) is 2.86. The van der Waals surface area contributed by atoms with Gasteiger partial charge in [0.2, 0.25) is 0 Å². The van der Waals surface area contributed by atoms with Crippen molar-refractivity contribution in [1.29, 1.82) is 0 Å². The minimum Gasteiger partial charge on any atom is -0.748 e. The fourth-order valence-corrected chi connectivity index (χ4v) is 12.0. The zero-order chi connectivity index (χ0) is 53.3. The maximum absolute atomic E-state index is 13.0. The van der Waals surface area contributed by atoms with Crippen molar-refractivity contribution in [2.75, 3.05) is 5.75 Å². The third-order valence-electron chi connectivity index (χ3n) is 5.23. The lowest BCUT2D eigenvalue weighted by atomic mass is 10.1. The maximum Gasteiger partial charge on any atom is 0.438 e. The first-order valence-electron chi connectivity index (χ1n) is 13.5. The zero-order valence-electron chi connectivity index (χ0n) is 30.7. The fourth-order valence-electron chi connectivity index (χ4n) is 2.10. The Labute approximate surface area is 343 Å². The molecular weight excluding hydrogens is 1100 g/mol. The van der Waals surface area contributed by atoms with Crippen LogP contribution in [0, 0.1) is 3.91 Å². The normalized spacial score (nSPS) is 15.2. The standard InChI is InChI=1S/C7H9F6O6S3.C6H6F6O5S.C4H6F4NO4S2.C2H4F2O3S/c1-5(8,9)20(14,15)4(21(16,17)6(2,10)11)22(18,19)7(3,12)13;1-3(13)17-4(5(7,8)9,6(10,11)12)2-18(14,15)16;1-3(5,6)14(10,11)9-15(12,13)4(2,7)8;1-2(3,4)8(5,6)7/h1-3H3;2H2,1H3,(H,14,15,16);1-2H3;1H3,(H,5,6,7)/q-1;;-1;/p-2. The van der Waals surface area contributed by atoms with Gasteiger partial charge in [0.05, 0.1) is 19.8 Å². The van der Waals surface area contributed by atoms with Crippen molar-refractivity contribution in [3.05, 3.63) is 8.04 Å². The van der Waals surface area contributed by atoms with E-state index < -0.39 is 156 Å². The number of carbonyl (C=O) groups is 1. The Morgan fingerprint density at radius 1 is 0.460 bits per heavy atom. The SMILES string of the molecule is CC(=O)OC(CS(=O)(=O)[O-])(C(F)(F)F)C(F)(F)F.CC(F)(F)S(=O)(=O)[C-](S(=O)(=O)C(C)(F)F)S(=O)(=O)C(C)(F)F.CC(F)(F)S(=O)(=O)[N-]S(=O)(=O)C(C)(F)F.CC(F)(F)S(=O)(=O)[O-]. The molecule has 63 heavy (non-hydrogen) atoms. The van der Waals surface area contributed by atoms with Crippen molar-refractivity contribution in [2.24, 2.45) is 0 Å². The van der Waals surface area contributed by atoms with Crippen LogP contribution in [0.5, 0.6) is 0 Å². The Bertz CT molecular complexity index is 2240. The molecule has 0 saturated heterocycles. The Morgan fingerprint density at radius 3 is 0.778 bits per heavy atom. The summed E-state index contributed by atoms with van der Waals surface area (Å²) in [6, 6.07) is 0. The highest BCUT2D eigenvalue weighted by Crippen LogP contribution is 2.48. The average molecular weight is 1120 g/mol. The molecule has 0 fully saturated rings. The maximum atomic E-state index is 13.0. The number of esters is 1. The molecule has 0 bridgehead atoms. The molecule has 0 atom stereocenters. The van der Waals surface area contributed by atoms with Crippen LogP contribution < -0.4 is 0 Å². The van der Waals surface area contributed by atoms with Crippen LogP contribution in [0.15, 0.2) is 0 Å². The van der Waals surface area contributed by atoms with Gasteiger partial charge in [-0.2, -0.15) is 79.0 Å². The molecule has 0 aliphatic rings. The summed E-state index contributed by atoms with van der Waals surface area (Å²) in [4.78, 5) is 10.3. The van der Waals surface area contributed by atoms with E-state index in [0.717, 1.165) is 0 Å². The molecule has 19 nitrogen and oxygen atoms in total. The molecule has 44 heteroatoms. The summed E-state index contributed by atoms with van der Waals surface area (Å²) < 4.78 is 393. The number of ether oxygens (including phenoxy) is 1. The van der Waals surface area contributed by atoms with Gasteiger partial charge in [0, 0.05) is 48.5 Å². The number of rotatable bonds is 14. The van der Waals surface area contributed by atoms with Crippen LogP contribution in [-0.2, 0) is 79.3 Å². The number of carbonyl (C=O) groups excluding carboxylic acids is 1. The third-order valence-corrected chi connectivity index (χ3v) is 18.3. The molecule has 0 rings (SSSR count). The minimum atomic E-state index is -6.87. The van der Waals surface area contributed by atoms with E-state index in [1.807, 2.05) is 0 Å². The van der Waals surface area contributed by atoms with Gasteiger partial charge in [0.15, 0.2) is 10.1 Å². The van der Waals surface area contributed by atoms with Gasteiger partial charge in [-0.1, -0.05) is 0 Å². The molecule has 0 heterocycles. The van der Waals surface area contributed by atoms with E-state index in [2.05, 4.69) is 4.74 Å². The van der Waals surface area contributed by atoms with Crippen LogP contribution in [0.2, 0.25) is 0 Å². The molecule has 0 aromatic heterocycles. The predicted octanol–water partition coefficient (Wildman–Crippen LogP) is 3.86. The van der Waals surface area contributed by atoms with Gasteiger partial charge < -0.3 is 18.0 Å². The van der Waals surface area contributed by atoms with Crippen LogP contribution in [-0.4, -0.2) is 129 Å². The number of hydrogen-bond donors (Lipinski definition) is 0. The number of alkyl halides is 18. The summed E-state index contributed by atoms with van der Waals surface area (Å²) in [5, 5.41) is -28.9. The first-order chi connectivity index (χ1) is 26.2. The Balaban J connectivity index is -0.000000386. The Kier molecular flexibility index (Phi) is 20.9. The highest BCUT2D eigenvalue weighted by atomic mass is 32.3. The lowest BCUT2D eigenvalue weighted by molar-refractivity contribution is -0.361. The topological polar surface area (TPSA) is 325 Å². The molecule has 0 saturated carbocycles. The molecule has 0 aliphatic carbocycles. The van der Waals surface area contributed by atoms with Crippen molar-refractivity contribution >= 4 is 75.8 Å². The molecule has 0 aliphatic heterocycles. The molecule has 0 aromatic rings. The van der Waals surface area contributed by atoms with Crippen molar-refractivity contribution in [1.82, 2.24) is 0 Å². The second kappa shape index (κ2) is 19.5. The van der Waals surface area contributed by atoms with Gasteiger partial charge in [-0.3, -0.25) is 30.0 Å². The monoisotopic (exact) mass is 1120 g/mol. The van der Waals surface area contributed by atoms with E-state index in [9.17, 15) is 152 Å². The van der Waals surface area contributed by atoms with Gasteiger partial charge in [-0.25, -0.2) is 33.7 Å². The molecule has 0 N–H and O–H groups in total. The molecule has 0 aromatic carbocycles. The Morgan fingerprint density at radius 2 is 0.667 bits per heavy atom. The summed E-state index contributed by atoms with van der Waals surface area (Å²) in [5.41, 5.74) is -5.37. The summed E-state index contributed by atoms with van der Waals surface area (Å²) in [7, 11) is -43.6. The summed E-state index contributed by atoms with van der Waals surface area (Å²) in [6.07, 6.45) is -12.6. The van der Waals surface area contributed by atoms with Crippen molar-refractivity contribution in [2.45, 2.75) is 97.9 Å². The second-order valence-corrected chi connectivity index (χ2v) is 25.3. The fraction of sp³-hybridized carbons (Fsp3) is 0.895. The van der Waals surface area contributed by atoms with Gasteiger partial charge in [-0.05, 0) is 0 Å². The predicted molar refractivity (Wildman–Crippen MR) is 166 cm³/mol. The van der Waals surface area contributed by atoms with Crippen LogP contribution >= 0.6 is 0 Å². The second-order valence-electron chi connectivity index (χ2n) is 11.2. The van der Waals surface area contributed by atoms with Crippen molar-refractivity contribution < 1.29 is 157 Å². The van der Waals surface area contributed by atoms with E-state index in [0.29, 0.717) is 0 Å². The molecule has 0 unspecified atom stereocenters. The Hall–Kier alpha value is -2.26. The highest BCUT2D eigenvalue weighted by molar-refractivity contribution is 8.29. The van der Waals surface area contributed by atoms with E-state index in [1.54, 1.807) is 0 Å². The summed E-state index contributed by atoms with van der Waals surface area (Å²) >= 11 is 0. The smallest absolute Gasteiger partial charge is 0.438 e. The van der Waals surface area contributed by atoms with Gasteiger partial charge >= 0.3 is 55.5 Å². The molecule has 0 amide bonds. The van der Waals surface area contributed by atoms with E-state index in [-0.39, 0.29) is 27.7 Å². The summed E-state index contributed by atoms with van der Waals surface area (Å²) in [5.74, 6) is -5.01. The molecular formula is C19H23F18NO18S7-4. The highest BCUT2D eigenvalue weighted by Gasteiger charge is 2.75. The quantitative estimate of drug-likeness (QED) is 0.103. The summed E-state index contributed by atoms with van der Waals surface area (Å²) in [6.45, 7) is -1.73.